The van der Waals surface area contributed by atoms with Gasteiger partial charge in [-0.3, -0.25) is 4.79 Å². The average Bonchev–Trinajstić information content (AvgIpc) is 2.60. The maximum absolute atomic E-state index is 13.0. The molecule has 0 spiro atoms. The number of sulfonamides is 1. The fourth-order valence-corrected chi connectivity index (χ4v) is 3.65. The molecule has 2 aromatic rings. The molecule has 0 aliphatic heterocycles. The first-order chi connectivity index (χ1) is 11.8. The van der Waals surface area contributed by atoms with Crippen LogP contribution < -0.4 is 4.72 Å². The van der Waals surface area contributed by atoms with E-state index in [1.54, 1.807) is 14.0 Å². The van der Waals surface area contributed by atoms with E-state index in [0.717, 1.165) is 17.7 Å². The third kappa shape index (κ3) is 5.11. The molecule has 0 bridgehead atoms. The molecular formula is C18H21FN2O3S. The number of rotatable bonds is 7. The van der Waals surface area contributed by atoms with Crippen molar-refractivity contribution < 1.29 is 17.6 Å². The fourth-order valence-electron chi connectivity index (χ4n) is 2.38. The normalized spacial score (nSPS) is 12.6. The Morgan fingerprint density at radius 1 is 1.12 bits per heavy atom. The number of benzene rings is 2. The summed E-state index contributed by atoms with van der Waals surface area (Å²) in [5, 5.41) is 0. The molecule has 0 heterocycles. The van der Waals surface area contributed by atoms with Crippen molar-refractivity contribution in [3.05, 3.63) is 66.0 Å². The minimum absolute atomic E-state index is 0.0779. The van der Waals surface area contributed by atoms with Gasteiger partial charge >= 0.3 is 0 Å². The summed E-state index contributed by atoms with van der Waals surface area (Å²) in [7, 11) is -2.27. The van der Waals surface area contributed by atoms with Gasteiger partial charge in [0.05, 0.1) is 4.90 Å². The second-order valence-electron chi connectivity index (χ2n) is 5.72. The highest BCUT2D eigenvalue weighted by Crippen LogP contribution is 2.12. The minimum atomic E-state index is -3.90. The lowest BCUT2D eigenvalue weighted by Gasteiger charge is -2.24. The molecule has 2 aromatic carbocycles. The number of nitrogens with one attached hydrogen (secondary N) is 1. The van der Waals surface area contributed by atoms with Crippen LogP contribution in [0.4, 0.5) is 4.39 Å². The van der Waals surface area contributed by atoms with Crippen molar-refractivity contribution in [1.29, 1.82) is 0 Å². The summed E-state index contributed by atoms with van der Waals surface area (Å²) >= 11 is 0. The van der Waals surface area contributed by atoms with Crippen LogP contribution in [0.3, 0.4) is 0 Å². The van der Waals surface area contributed by atoms with E-state index < -0.39 is 21.9 Å². The van der Waals surface area contributed by atoms with E-state index in [2.05, 4.69) is 4.72 Å². The molecule has 1 atom stereocenters. The van der Waals surface area contributed by atoms with E-state index in [4.69, 9.17) is 0 Å². The highest BCUT2D eigenvalue weighted by atomic mass is 32.2. The van der Waals surface area contributed by atoms with Crippen LogP contribution in [0, 0.1) is 5.82 Å². The van der Waals surface area contributed by atoms with Crippen molar-refractivity contribution in [2.75, 3.05) is 7.05 Å². The second-order valence-corrected chi connectivity index (χ2v) is 7.43. The number of likely N-dealkylation sites (N-methyl/N-ethyl adjacent to an activating group) is 1. The maximum Gasteiger partial charge on any atom is 0.241 e. The van der Waals surface area contributed by atoms with Crippen LogP contribution in [0.2, 0.25) is 0 Å². The highest BCUT2D eigenvalue weighted by molar-refractivity contribution is 7.89. The Morgan fingerprint density at radius 3 is 2.28 bits per heavy atom. The Balaban J connectivity index is 2.10. The van der Waals surface area contributed by atoms with E-state index in [0.29, 0.717) is 13.0 Å². The standard InChI is InChI=1S/C18H21FN2O3S/c1-3-17(18(22)21(2)13-14-7-5-4-6-8-14)20-25(23,24)16-11-9-15(19)10-12-16/h4-12,17,20H,3,13H2,1-2H3. The number of hydrogen-bond donors (Lipinski definition) is 1. The fraction of sp³-hybridized carbons (Fsp3) is 0.278. The van der Waals surface area contributed by atoms with Crippen molar-refractivity contribution in [3.63, 3.8) is 0 Å². The van der Waals surface area contributed by atoms with Crippen LogP contribution in [-0.4, -0.2) is 32.3 Å². The quantitative estimate of drug-likeness (QED) is 0.821. The van der Waals surface area contributed by atoms with Crippen LogP contribution in [0.25, 0.3) is 0 Å². The van der Waals surface area contributed by atoms with Crippen molar-refractivity contribution in [2.24, 2.45) is 0 Å². The molecule has 5 nitrogen and oxygen atoms in total. The van der Waals surface area contributed by atoms with Crippen LogP contribution in [-0.2, 0) is 21.4 Å². The first-order valence-corrected chi connectivity index (χ1v) is 9.38. The number of nitrogens with zero attached hydrogens (tertiary/aromatic N) is 1. The molecule has 2 rings (SSSR count). The van der Waals surface area contributed by atoms with Gasteiger partial charge in [0.1, 0.15) is 11.9 Å². The van der Waals surface area contributed by atoms with Gasteiger partial charge in [-0.15, -0.1) is 0 Å². The van der Waals surface area contributed by atoms with E-state index in [9.17, 15) is 17.6 Å². The zero-order valence-electron chi connectivity index (χ0n) is 14.1. The number of hydrogen-bond acceptors (Lipinski definition) is 3. The third-order valence-electron chi connectivity index (χ3n) is 3.77. The maximum atomic E-state index is 13.0. The topological polar surface area (TPSA) is 66.5 Å². The molecule has 1 amide bonds. The van der Waals surface area contributed by atoms with Gasteiger partial charge in [-0.05, 0) is 36.2 Å². The Kier molecular flexibility index (Phi) is 6.27. The lowest BCUT2D eigenvalue weighted by molar-refractivity contribution is -0.132. The first-order valence-electron chi connectivity index (χ1n) is 7.90. The molecule has 0 aromatic heterocycles. The molecule has 0 aliphatic rings. The number of amides is 1. The van der Waals surface area contributed by atoms with Crippen molar-refractivity contribution >= 4 is 15.9 Å². The predicted octanol–water partition coefficient (Wildman–Crippen LogP) is 2.54. The molecular weight excluding hydrogens is 343 g/mol. The molecule has 0 aliphatic carbocycles. The SMILES string of the molecule is CCC(NS(=O)(=O)c1ccc(F)cc1)C(=O)N(C)Cc1ccccc1. The number of carbonyl (C=O) groups is 1. The highest BCUT2D eigenvalue weighted by Gasteiger charge is 2.26. The van der Waals surface area contributed by atoms with Gasteiger partial charge in [-0.25, -0.2) is 12.8 Å². The van der Waals surface area contributed by atoms with Crippen LogP contribution >= 0.6 is 0 Å². The third-order valence-corrected chi connectivity index (χ3v) is 5.25. The molecule has 1 N–H and O–H groups in total. The van der Waals surface area contributed by atoms with Crippen molar-refractivity contribution in [1.82, 2.24) is 9.62 Å². The van der Waals surface area contributed by atoms with E-state index in [-0.39, 0.29) is 10.8 Å². The number of halogens is 1. The smallest absolute Gasteiger partial charge is 0.241 e. The molecule has 0 saturated carbocycles. The molecule has 25 heavy (non-hydrogen) atoms. The van der Waals surface area contributed by atoms with Crippen LogP contribution in [0.1, 0.15) is 18.9 Å². The van der Waals surface area contributed by atoms with E-state index >= 15 is 0 Å². The summed E-state index contributed by atoms with van der Waals surface area (Å²) in [4.78, 5) is 14.0. The largest absolute Gasteiger partial charge is 0.340 e. The summed E-state index contributed by atoms with van der Waals surface area (Å²) in [6, 6.07) is 13.0. The van der Waals surface area contributed by atoms with Gasteiger partial charge in [0.25, 0.3) is 0 Å². The second kappa shape index (κ2) is 8.22. The Bertz CT molecular complexity index is 808. The van der Waals surface area contributed by atoms with E-state index in [1.165, 1.54) is 17.0 Å². The molecule has 0 radical (unpaired) electrons. The summed E-state index contributed by atoms with van der Waals surface area (Å²) < 4.78 is 40.2. The van der Waals surface area contributed by atoms with Crippen molar-refractivity contribution in [3.8, 4) is 0 Å². The molecule has 7 heteroatoms. The summed E-state index contributed by atoms with van der Waals surface area (Å²) in [5.74, 6) is -0.846. The molecule has 134 valence electrons. The zero-order valence-corrected chi connectivity index (χ0v) is 15.0. The van der Waals surface area contributed by atoms with Gasteiger partial charge < -0.3 is 4.90 Å². The zero-order chi connectivity index (χ0) is 18.4. The molecule has 1 unspecified atom stereocenters. The monoisotopic (exact) mass is 364 g/mol. The van der Waals surface area contributed by atoms with Gasteiger partial charge in [0.2, 0.25) is 15.9 Å². The summed E-state index contributed by atoms with van der Waals surface area (Å²) in [5.41, 5.74) is 0.953. The van der Waals surface area contributed by atoms with Gasteiger partial charge in [-0.1, -0.05) is 37.3 Å². The Morgan fingerprint density at radius 2 is 1.72 bits per heavy atom. The summed E-state index contributed by atoms with van der Waals surface area (Å²) in [6.07, 6.45) is 0.304. The first kappa shape index (κ1) is 19.1. The van der Waals surface area contributed by atoms with Gasteiger partial charge in [0, 0.05) is 13.6 Å². The molecule has 0 fully saturated rings. The number of carbonyl (C=O) groups excluding carboxylic acids is 1. The van der Waals surface area contributed by atoms with Crippen LogP contribution in [0.5, 0.6) is 0 Å². The molecule has 0 saturated heterocycles. The van der Waals surface area contributed by atoms with Gasteiger partial charge in [0.15, 0.2) is 0 Å². The predicted molar refractivity (Wildman–Crippen MR) is 93.7 cm³/mol. The van der Waals surface area contributed by atoms with E-state index in [1.807, 2.05) is 30.3 Å². The lowest BCUT2D eigenvalue weighted by Crippen LogP contribution is -2.46. The Labute approximate surface area is 147 Å². The summed E-state index contributed by atoms with van der Waals surface area (Å²) in [6.45, 7) is 2.11. The van der Waals surface area contributed by atoms with Crippen LogP contribution in [0.15, 0.2) is 59.5 Å². The average molecular weight is 364 g/mol. The Hall–Kier alpha value is -2.25. The minimum Gasteiger partial charge on any atom is -0.340 e. The lowest BCUT2D eigenvalue weighted by atomic mass is 10.2. The van der Waals surface area contributed by atoms with Gasteiger partial charge in [-0.2, -0.15) is 4.72 Å². The van der Waals surface area contributed by atoms with Crippen molar-refractivity contribution in [2.45, 2.75) is 30.8 Å².